The van der Waals surface area contributed by atoms with Crippen molar-refractivity contribution in [2.24, 2.45) is 5.73 Å². The van der Waals surface area contributed by atoms with Crippen LogP contribution >= 0.6 is 11.6 Å². The van der Waals surface area contributed by atoms with Crippen LogP contribution in [-0.4, -0.2) is 12.5 Å². The molecular weight excluding hydrogens is 288 g/mol. The van der Waals surface area contributed by atoms with Gasteiger partial charge >= 0.3 is 0 Å². The molecule has 0 saturated carbocycles. The van der Waals surface area contributed by atoms with E-state index in [1.165, 1.54) is 5.56 Å². The summed E-state index contributed by atoms with van der Waals surface area (Å²) in [5.74, 6) is -0.477. The van der Waals surface area contributed by atoms with Gasteiger partial charge in [0.15, 0.2) is 0 Å². The van der Waals surface area contributed by atoms with Crippen LogP contribution in [0.15, 0.2) is 42.5 Å². The normalized spacial score (nSPS) is 17.1. The number of anilines is 1. The quantitative estimate of drug-likeness (QED) is 0.915. The molecule has 1 aliphatic heterocycles. The third-order valence-corrected chi connectivity index (χ3v) is 3.88. The lowest BCUT2D eigenvalue weighted by Gasteiger charge is -2.27. The van der Waals surface area contributed by atoms with Crippen molar-refractivity contribution in [3.8, 4) is 0 Å². The molecule has 1 amide bonds. The minimum absolute atomic E-state index is 0.00410. The Bertz CT molecular complexity index is 688. The topological polar surface area (TPSA) is 64.4 Å². The number of amides is 1. The van der Waals surface area contributed by atoms with Crippen molar-refractivity contribution in [2.75, 3.05) is 11.9 Å². The molecule has 0 saturated heterocycles. The molecule has 1 heterocycles. The number of hydrogen-bond donors (Lipinski definition) is 2. The van der Waals surface area contributed by atoms with Crippen LogP contribution in [0.25, 0.3) is 0 Å². The predicted molar refractivity (Wildman–Crippen MR) is 82.4 cm³/mol. The standard InChI is InChI=1S/C16H15ClN2O2/c17-13-6-5-10(16(18)20)7-14(13)19-15-9-21-8-11-3-1-2-4-12(11)15/h1-7,15,19H,8-9H2,(H2,18,20). The van der Waals surface area contributed by atoms with E-state index in [-0.39, 0.29) is 6.04 Å². The molecule has 0 radical (unpaired) electrons. The Morgan fingerprint density at radius 2 is 2.10 bits per heavy atom. The maximum atomic E-state index is 11.3. The minimum Gasteiger partial charge on any atom is -0.375 e. The molecule has 0 aliphatic carbocycles. The number of rotatable bonds is 3. The fourth-order valence-electron chi connectivity index (χ4n) is 2.48. The van der Waals surface area contributed by atoms with Gasteiger partial charge in [0.05, 0.1) is 30.0 Å². The van der Waals surface area contributed by atoms with Crippen molar-refractivity contribution in [1.82, 2.24) is 0 Å². The van der Waals surface area contributed by atoms with Gasteiger partial charge < -0.3 is 15.8 Å². The van der Waals surface area contributed by atoms with Crippen LogP contribution in [0.2, 0.25) is 5.02 Å². The van der Waals surface area contributed by atoms with Crippen LogP contribution in [0, 0.1) is 0 Å². The largest absolute Gasteiger partial charge is 0.375 e. The molecule has 4 nitrogen and oxygen atoms in total. The maximum absolute atomic E-state index is 11.3. The molecule has 1 aliphatic rings. The number of nitrogens with one attached hydrogen (secondary N) is 1. The van der Waals surface area contributed by atoms with Gasteiger partial charge in [0.1, 0.15) is 0 Å². The molecular formula is C16H15ClN2O2. The van der Waals surface area contributed by atoms with E-state index in [9.17, 15) is 4.79 Å². The Hall–Kier alpha value is -2.04. The molecule has 3 rings (SSSR count). The fourth-order valence-corrected chi connectivity index (χ4v) is 2.65. The molecule has 1 unspecified atom stereocenters. The highest BCUT2D eigenvalue weighted by Gasteiger charge is 2.21. The summed E-state index contributed by atoms with van der Waals surface area (Å²) in [6.45, 7) is 1.16. The number of ether oxygens (including phenoxy) is 1. The highest BCUT2D eigenvalue weighted by atomic mass is 35.5. The Kier molecular flexibility index (Phi) is 3.82. The molecule has 108 valence electrons. The Balaban J connectivity index is 1.91. The van der Waals surface area contributed by atoms with E-state index < -0.39 is 5.91 Å². The van der Waals surface area contributed by atoms with Gasteiger partial charge in [-0.15, -0.1) is 0 Å². The average Bonchev–Trinajstić information content (AvgIpc) is 2.49. The minimum atomic E-state index is -0.477. The molecule has 0 aromatic heterocycles. The molecule has 2 aromatic rings. The number of benzene rings is 2. The zero-order valence-corrected chi connectivity index (χ0v) is 12.1. The third-order valence-electron chi connectivity index (χ3n) is 3.55. The fraction of sp³-hybridized carbons (Fsp3) is 0.188. The van der Waals surface area contributed by atoms with E-state index in [0.29, 0.717) is 29.5 Å². The first-order chi connectivity index (χ1) is 10.1. The molecule has 3 N–H and O–H groups in total. The molecule has 2 aromatic carbocycles. The Morgan fingerprint density at radius 3 is 2.90 bits per heavy atom. The van der Waals surface area contributed by atoms with Crippen LogP contribution < -0.4 is 11.1 Å². The SMILES string of the molecule is NC(=O)c1ccc(Cl)c(NC2COCc3ccccc32)c1. The van der Waals surface area contributed by atoms with Gasteiger partial charge in [-0.3, -0.25) is 4.79 Å². The van der Waals surface area contributed by atoms with Gasteiger partial charge in [-0.1, -0.05) is 35.9 Å². The second-order valence-corrected chi connectivity index (χ2v) is 5.38. The van der Waals surface area contributed by atoms with Gasteiger partial charge in [-0.05, 0) is 29.3 Å². The summed E-state index contributed by atoms with van der Waals surface area (Å²) >= 11 is 6.19. The van der Waals surface area contributed by atoms with Crippen molar-refractivity contribution < 1.29 is 9.53 Å². The summed E-state index contributed by atoms with van der Waals surface area (Å²) in [7, 11) is 0. The number of halogens is 1. The number of hydrogen-bond acceptors (Lipinski definition) is 3. The van der Waals surface area contributed by atoms with Crippen LogP contribution in [0.1, 0.15) is 27.5 Å². The lowest BCUT2D eigenvalue weighted by Crippen LogP contribution is -2.23. The molecule has 1 atom stereocenters. The molecule has 5 heteroatoms. The number of fused-ring (bicyclic) bond motifs is 1. The van der Waals surface area contributed by atoms with Crippen LogP contribution in [0.3, 0.4) is 0 Å². The van der Waals surface area contributed by atoms with Crippen LogP contribution in [-0.2, 0) is 11.3 Å². The zero-order chi connectivity index (χ0) is 14.8. The first-order valence-electron chi connectivity index (χ1n) is 6.66. The van der Waals surface area contributed by atoms with E-state index in [0.717, 1.165) is 5.56 Å². The zero-order valence-electron chi connectivity index (χ0n) is 11.3. The highest BCUT2D eigenvalue weighted by molar-refractivity contribution is 6.33. The first-order valence-corrected chi connectivity index (χ1v) is 7.04. The van der Waals surface area contributed by atoms with Crippen LogP contribution in [0.4, 0.5) is 5.69 Å². The highest BCUT2D eigenvalue weighted by Crippen LogP contribution is 2.31. The van der Waals surface area contributed by atoms with E-state index in [4.69, 9.17) is 22.1 Å². The maximum Gasteiger partial charge on any atom is 0.248 e. The first kappa shape index (κ1) is 13.9. The molecule has 21 heavy (non-hydrogen) atoms. The van der Waals surface area contributed by atoms with E-state index in [1.54, 1.807) is 18.2 Å². The number of carbonyl (C=O) groups excluding carboxylic acids is 1. The van der Waals surface area contributed by atoms with Gasteiger partial charge in [0, 0.05) is 5.56 Å². The monoisotopic (exact) mass is 302 g/mol. The molecule has 0 bridgehead atoms. The number of nitrogens with two attached hydrogens (primary N) is 1. The van der Waals surface area contributed by atoms with E-state index in [2.05, 4.69) is 11.4 Å². The van der Waals surface area contributed by atoms with E-state index >= 15 is 0 Å². The van der Waals surface area contributed by atoms with Gasteiger partial charge in [-0.25, -0.2) is 0 Å². The Morgan fingerprint density at radius 1 is 1.29 bits per heavy atom. The van der Waals surface area contributed by atoms with Crippen molar-refractivity contribution in [1.29, 1.82) is 0 Å². The Labute approximate surface area is 127 Å². The van der Waals surface area contributed by atoms with Gasteiger partial charge in [0.2, 0.25) is 5.91 Å². The smallest absolute Gasteiger partial charge is 0.248 e. The van der Waals surface area contributed by atoms with Crippen molar-refractivity contribution in [3.63, 3.8) is 0 Å². The number of carbonyl (C=O) groups is 1. The predicted octanol–water partition coefficient (Wildman–Crippen LogP) is 3.12. The van der Waals surface area contributed by atoms with Crippen molar-refractivity contribution in [3.05, 3.63) is 64.2 Å². The lowest BCUT2D eigenvalue weighted by molar-refractivity contribution is 0.0970. The average molecular weight is 303 g/mol. The summed E-state index contributed by atoms with van der Waals surface area (Å²) in [5, 5.41) is 3.88. The second kappa shape index (κ2) is 5.76. The third kappa shape index (κ3) is 2.86. The number of primary amides is 1. The van der Waals surface area contributed by atoms with Crippen LogP contribution in [0.5, 0.6) is 0 Å². The van der Waals surface area contributed by atoms with Crippen molar-refractivity contribution in [2.45, 2.75) is 12.6 Å². The molecule has 0 fully saturated rings. The van der Waals surface area contributed by atoms with E-state index in [1.807, 2.05) is 18.2 Å². The lowest BCUT2D eigenvalue weighted by atomic mass is 9.99. The summed E-state index contributed by atoms with van der Waals surface area (Å²) < 4.78 is 5.60. The summed E-state index contributed by atoms with van der Waals surface area (Å²) in [4.78, 5) is 11.3. The molecule has 0 spiro atoms. The van der Waals surface area contributed by atoms with Gasteiger partial charge in [-0.2, -0.15) is 0 Å². The second-order valence-electron chi connectivity index (χ2n) is 4.97. The summed E-state index contributed by atoms with van der Waals surface area (Å²) in [6.07, 6.45) is 0. The summed E-state index contributed by atoms with van der Waals surface area (Å²) in [6, 6.07) is 13.1. The summed E-state index contributed by atoms with van der Waals surface area (Å²) in [5.41, 5.74) is 8.75. The van der Waals surface area contributed by atoms with Gasteiger partial charge in [0.25, 0.3) is 0 Å². The van der Waals surface area contributed by atoms with Crippen molar-refractivity contribution >= 4 is 23.2 Å².